The Bertz CT molecular complexity index is 911. The lowest BCUT2D eigenvalue weighted by Gasteiger charge is -2.18. The molecule has 0 amide bonds. The Morgan fingerprint density at radius 3 is 0.982 bits per heavy atom. The molecule has 0 N–H and O–H groups in total. The van der Waals surface area contributed by atoms with Crippen LogP contribution in [0.4, 0.5) is 0 Å². The number of carbonyl (C=O) groups excluding carboxylic acids is 3. The number of hydrogen-bond donors (Lipinski definition) is 0. The molecule has 0 aliphatic carbocycles. The molecule has 0 saturated heterocycles. The van der Waals surface area contributed by atoms with E-state index < -0.39 is 6.10 Å². The third-order valence-corrected chi connectivity index (χ3v) is 10.7. The van der Waals surface area contributed by atoms with E-state index in [1.165, 1.54) is 154 Å². The number of unbranched alkanes of at least 4 members (excludes halogenated alkanes) is 29. The van der Waals surface area contributed by atoms with E-state index in [1.54, 1.807) is 0 Å². The number of esters is 3. The summed E-state index contributed by atoms with van der Waals surface area (Å²) in [7, 11) is 0. The molecule has 0 aliphatic rings. The van der Waals surface area contributed by atoms with Gasteiger partial charge in [0.15, 0.2) is 6.10 Å². The Balaban J connectivity index is 4.29. The van der Waals surface area contributed by atoms with Crippen molar-refractivity contribution in [3.05, 3.63) is 24.3 Å². The molecule has 0 aromatic rings. The molecule has 1 unspecified atom stereocenters. The second-order valence-electron chi connectivity index (χ2n) is 16.4. The number of carbonyl (C=O) groups is 3. The van der Waals surface area contributed by atoms with Gasteiger partial charge >= 0.3 is 17.9 Å². The van der Waals surface area contributed by atoms with Crippen LogP contribution in [-0.2, 0) is 28.6 Å². The molecule has 0 aromatic carbocycles. The fourth-order valence-electron chi connectivity index (χ4n) is 6.97. The zero-order valence-electron chi connectivity index (χ0n) is 37.4. The fraction of sp³-hybridized carbons (Fsp3) is 0.860. The third-order valence-electron chi connectivity index (χ3n) is 10.7. The summed E-state index contributed by atoms with van der Waals surface area (Å²) in [6, 6.07) is 0. The first-order valence-corrected chi connectivity index (χ1v) is 24.3. The predicted molar refractivity (Wildman–Crippen MR) is 238 cm³/mol. The molecular formula is C50H92O6. The average molecular weight is 789 g/mol. The van der Waals surface area contributed by atoms with Crippen LogP contribution >= 0.6 is 0 Å². The lowest BCUT2D eigenvalue weighted by atomic mass is 10.1. The van der Waals surface area contributed by atoms with E-state index >= 15 is 0 Å². The summed E-state index contributed by atoms with van der Waals surface area (Å²) in [5.41, 5.74) is 0. The van der Waals surface area contributed by atoms with Crippen molar-refractivity contribution < 1.29 is 28.6 Å². The van der Waals surface area contributed by atoms with Gasteiger partial charge in [-0.15, -0.1) is 0 Å². The molecule has 0 rings (SSSR count). The van der Waals surface area contributed by atoms with Crippen molar-refractivity contribution >= 4 is 17.9 Å². The molecule has 6 nitrogen and oxygen atoms in total. The van der Waals surface area contributed by atoms with Gasteiger partial charge in [-0.25, -0.2) is 0 Å². The van der Waals surface area contributed by atoms with Crippen LogP contribution in [0.2, 0.25) is 0 Å². The highest BCUT2D eigenvalue weighted by atomic mass is 16.6. The van der Waals surface area contributed by atoms with Gasteiger partial charge in [-0.2, -0.15) is 0 Å². The minimum atomic E-state index is -0.778. The molecule has 6 heteroatoms. The first-order valence-electron chi connectivity index (χ1n) is 24.3. The van der Waals surface area contributed by atoms with Crippen LogP contribution in [0.5, 0.6) is 0 Å². The van der Waals surface area contributed by atoms with Gasteiger partial charge in [0.25, 0.3) is 0 Å². The first-order chi connectivity index (χ1) is 27.5. The zero-order valence-corrected chi connectivity index (χ0v) is 37.4. The summed E-state index contributed by atoms with van der Waals surface area (Å²) in [6.45, 7) is 6.58. The number of rotatable bonds is 44. The van der Waals surface area contributed by atoms with Crippen LogP contribution < -0.4 is 0 Å². The van der Waals surface area contributed by atoms with Crippen LogP contribution in [0.15, 0.2) is 24.3 Å². The summed E-state index contributed by atoms with van der Waals surface area (Å²) < 4.78 is 16.7. The van der Waals surface area contributed by atoms with E-state index in [0.29, 0.717) is 19.3 Å². The Morgan fingerprint density at radius 2 is 0.607 bits per heavy atom. The molecule has 0 saturated carbocycles. The van der Waals surface area contributed by atoms with Gasteiger partial charge in [0.05, 0.1) is 0 Å². The number of allylic oxidation sites excluding steroid dienone is 4. The maximum atomic E-state index is 12.7. The minimum absolute atomic E-state index is 0.0811. The van der Waals surface area contributed by atoms with Gasteiger partial charge < -0.3 is 14.2 Å². The quantitative estimate of drug-likeness (QED) is 0.0265. The SMILES string of the molecule is CCCCCC/C=C\CCCC(=O)OCC(COC(=O)CCCCCCC/C=C\CCCCCCCCCCC)OC(=O)CCCCCCCCCCCCC. The second kappa shape index (κ2) is 45.6. The maximum absolute atomic E-state index is 12.7. The molecular weight excluding hydrogens is 697 g/mol. The first kappa shape index (κ1) is 53.9. The largest absolute Gasteiger partial charge is 0.462 e. The summed E-state index contributed by atoms with van der Waals surface area (Å²) >= 11 is 0. The second-order valence-corrected chi connectivity index (χ2v) is 16.4. The van der Waals surface area contributed by atoms with E-state index in [0.717, 1.165) is 64.2 Å². The van der Waals surface area contributed by atoms with Gasteiger partial charge in [-0.1, -0.05) is 199 Å². The van der Waals surface area contributed by atoms with E-state index in [2.05, 4.69) is 45.1 Å². The molecule has 0 spiro atoms. The lowest BCUT2D eigenvalue weighted by molar-refractivity contribution is -0.167. The van der Waals surface area contributed by atoms with E-state index in [-0.39, 0.29) is 31.1 Å². The Kier molecular flexibility index (Phi) is 43.9. The summed E-state index contributed by atoms with van der Waals surface area (Å²) in [4.78, 5) is 37.7. The summed E-state index contributed by atoms with van der Waals surface area (Å²) in [5, 5.41) is 0. The number of hydrogen-bond acceptors (Lipinski definition) is 6. The third kappa shape index (κ3) is 43.0. The topological polar surface area (TPSA) is 78.9 Å². The highest BCUT2D eigenvalue weighted by Crippen LogP contribution is 2.15. The molecule has 0 fully saturated rings. The standard InChI is InChI=1S/C50H92O6/c1-4-7-10-13-16-19-21-22-23-24-25-26-27-29-31-34-37-40-43-49(52)55-46-47(45-54-48(51)42-39-36-33-30-18-15-12-9-6-3)56-50(53)44-41-38-35-32-28-20-17-14-11-8-5-2/h25-26,30,33,47H,4-24,27-29,31-32,34-46H2,1-3H3/b26-25-,33-30-. The molecule has 0 radical (unpaired) electrons. The van der Waals surface area contributed by atoms with Crippen LogP contribution in [0.25, 0.3) is 0 Å². The van der Waals surface area contributed by atoms with Crippen LogP contribution in [0.1, 0.15) is 258 Å². The molecule has 0 heterocycles. The minimum Gasteiger partial charge on any atom is -0.462 e. The summed E-state index contributed by atoms with van der Waals surface area (Å²) in [5.74, 6) is -0.919. The molecule has 0 bridgehead atoms. The molecule has 328 valence electrons. The van der Waals surface area contributed by atoms with E-state index in [4.69, 9.17) is 14.2 Å². The molecule has 1 atom stereocenters. The fourth-order valence-corrected chi connectivity index (χ4v) is 6.97. The Morgan fingerprint density at radius 1 is 0.339 bits per heavy atom. The van der Waals surface area contributed by atoms with Crippen LogP contribution in [-0.4, -0.2) is 37.2 Å². The Labute approximate surface area is 347 Å². The van der Waals surface area contributed by atoms with Crippen molar-refractivity contribution in [1.29, 1.82) is 0 Å². The van der Waals surface area contributed by atoms with Crippen molar-refractivity contribution in [2.24, 2.45) is 0 Å². The van der Waals surface area contributed by atoms with Crippen molar-refractivity contribution in [1.82, 2.24) is 0 Å². The highest BCUT2D eigenvalue weighted by molar-refractivity contribution is 5.71. The van der Waals surface area contributed by atoms with Crippen molar-refractivity contribution in [2.45, 2.75) is 264 Å². The molecule has 0 aromatic heterocycles. The van der Waals surface area contributed by atoms with Crippen molar-refractivity contribution in [3.8, 4) is 0 Å². The smallest absolute Gasteiger partial charge is 0.306 e. The van der Waals surface area contributed by atoms with Gasteiger partial charge in [-0.05, 0) is 64.2 Å². The van der Waals surface area contributed by atoms with Gasteiger partial charge in [0, 0.05) is 19.3 Å². The zero-order chi connectivity index (χ0) is 40.8. The monoisotopic (exact) mass is 789 g/mol. The Hall–Kier alpha value is -2.11. The predicted octanol–water partition coefficient (Wildman–Crippen LogP) is 15.6. The normalized spacial score (nSPS) is 12.1. The number of ether oxygens (including phenoxy) is 3. The van der Waals surface area contributed by atoms with Gasteiger partial charge in [0.1, 0.15) is 13.2 Å². The van der Waals surface area contributed by atoms with Crippen molar-refractivity contribution in [2.75, 3.05) is 13.2 Å². The van der Waals surface area contributed by atoms with Gasteiger partial charge in [-0.3, -0.25) is 14.4 Å². The van der Waals surface area contributed by atoms with Gasteiger partial charge in [0.2, 0.25) is 0 Å². The van der Waals surface area contributed by atoms with E-state index in [9.17, 15) is 14.4 Å². The molecule has 0 aliphatic heterocycles. The highest BCUT2D eigenvalue weighted by Gasteiger charge is 2.19. The lowest BCUT2D eigenvalue weighted by Crippen LogP contribution is -2.30. The van der Waals surface area contributed by atoms with E-state index in [1.807, 2.05) is 0 Å². The van der Waals surface area contributed by atoms with Crippen LogP contribution in [0, 0.1) is 0 Å². The summed E-state index contributed by atoms with van der Waals surface area (Å²) in [6.07, 6.45) is 50.3. The average Bonchev–Trinajstić information content (AvgIpc) is 3.19. The van der Waals surface area contributed by atoms with Crippen LogP contribution in [0.3, 0.4) is 0 Å². The molecule has 56 heavy (non-hydrogen) atoms. The van der Waals surface area contributed by atoms with Crippen molar-refractivity contribution in [3.63, 3.8) is 0 Å². The maximum Gasteiger partial charge on any atom is 0.306 e.